The predicted octanol–water partition coefficient (Wildman–Crippen LogP) is 3.88. The van der Waals surface area contributed by atoms with Crippen LogP contribution in [0.5, 0.6) is 0 Å². The highest BCUT2D eigenvalue weighted by molar-refractivity contribution is 5.94. The number of benzene rings is 1. The Labute approximate surface area is 130 Å². The summed E-state index contributed by atoms with van der Waals surface area (Å²) in [6.07, 6.45) is 8.32. The lowest BCUT2D eigenvalue weighted by Gasteiger charge is -2.25. The van der Waals surface area contributed by atoms with E-state index in [1.807, 2.05) is 6.20 Å². The van der Waals surface area contributed by atoms with E-state index >= 15 is 0 Å². The molecular weight excluding hydrogens is 274 g/mol. The van der Waals surface area contributed by atoms with Crippen LogP contribution >= 0.6 is 0 Å². The second kappa shape index (κ2) is 5.61. The molecule has 0 spiro atoms. The molecule has 0 bridgehead atoms. The molecule has 3 heterocycles. The van der Waals surface area contributed by atoms with Gasteiger partial charge in [0.05, 0.1) is 0 Å². The van der Waals surface area contributed by atoms with Crippen molar-refractivity contribution in [2.45, 2.75) is 32.4 Å². The van der Waals surface area contributed by atoms with Gasteiger partial charge < -0.3 is 13.9 Å². The highest BCUT2D eigenvalue weighted by Gasteiger charge is 2.20. The van der Waals surface area contributed by atoms with E-state index in [4.69, 9.17) is 4.74 Å². The predicted molar refractivity (Wildman–Crippen MR) is 87.9 cm³/mol. The monoisotopic (exact) mass is 295 g/mol. The van der Waals surface area contributed by atoms with Gasteiger partial charge in [-0.1, -0.05) is 12.1 Å². The fourth-order valence-electron chi connectivity index (χ4n) is 3.47. The maximum atomic E-state index is 5.49. The van der Waals surface area contributed by atoms with E-state index in [1.54, 1.807) is 0 Å². The van der Waals surface area contributed by atoms with E-state index in [0.717, 1.165) is 38.4 Å². The molecule has 1 aliphatic heterocycles. The summed E-state index contributed by atoms with van der Waals surface area (Å²) in [6.45, 7) is 4.86. The molecule has 1 fully saturated rings. The van der Waals surface area contributed by atoms with Crippen LogP contribution in [-0.4, -0.2) is 27.3 Å². The summed E-state index contributed by atoms with van der Waals surface area (Å²) in [5, 5.41) is 1.28. The van der Waals surface area contributed by atoms with Gasteiger partial charge in [0.2, 0.25) is 0 Å². The maximum absolute atomic E-state index is 5.49. The summed E-state index contributed by atoms with van der Waals surface area (Å²) in [5.74, 6) is 1.08. The smallest absolute Gasteiger partial charge is 0.140 e. The van der Waals surface area contributed by atoms with Gasteiger partial charge in [0.15, 0.2) is 0 Å². The van der Waals surface area contributed by atoms with E-state index in [2.05, 4.69) is 57.7 Å². The summed E-state index contributed by atoms with van der Waals surface area (Å²) in [6, 6.07) is 9.20. The van der Waals surface area contributed by atoms with E-state index in [9.17, 15) is 0 Å². The first-order valence-corrected chi connectivity index (χ1v) is 8.07. The van der Waals surface area contributed by atoms with Gasteiger partial charge in [0, 0.05) is 60.9 Å². The average molecular weight is 295 g/mol. The van der Waals surface area contributed by atoms with Crippen LogP contribution in [0, 0.1) is 0 Å². The van der Waals surface area contributed by atoms with Gasteiger partial charge in [-0.25, -0.2) is 4.98 Å². The molecule has 0 aliphatic carbocycles. The Morgan fingerprint density at radius 3 is 2.86 bits per heavy atom. The van der Waals surface area contributed by atoms with Crippen LogP contribution in [0.25, 0.3) is 22.3 Å². The number of ether oxygens (including phenoxy) is 1. The van der Waals surface area contributed by atoms with Gasteiger partial charge in [-0.15, -0.1) is 0 Å². The third kappa shape index (κ3) is 2.15. The molecule has 0 radical (unpaired) electrons. The van der Waals surface area contributed by atoms with Crippen LogP contribution in [0.2, 0.25) is 0 Å². The van der Waals surface area contributed by atoms with Crippen LogP contribution < -0.4 is 0 Å². The zero-order valence-corrected chi connectivity index (χ0v) is 12.9. The minimum Gasteiger partial charge on any atom is -0.381 e. The van der Waals surface area contributed by atoms with Crippen LogP contribution in [0.1, 0.15) is 25.8 Å². The van der Waals surface area contributed by atoms with Gasteiger partial charge in [0.1, 0.15) is 5.82 Å². The number of nitrogens with zero attached hydrogens (tertiary/aromatic N) is 3. The van der Waals surface area contributed by atoms with E-state index in [-0.39, 0.29) is 0 Å². The molecule has 0 unspecified atom stereocenters. The number of imidazole rings is 1. The first kappa shape index (κ1) is 13.6. The SMILES string of the molecule is CCn1ccc2c(-c3nccn3C3CCOCC3)cccc21. The quantitative estimate of drug-likeness (QED) is 0.734. The molecule has 1 saturated heterocycles. The highest BCUT2D eigenvalue weighted by Crippen LogP contribution is 2.32. The summed E-state index contributed by atoms with van der Waals surface area (Å²) < 4.78 is 10.1. The van der Waals surface area contributed by atoms with Gasteiger partial charge in [-0.05, 0) is 31.9 Å². The molecule has 3 aromatic rings. The van der Waals surface area contributed by atoms with E-state index in [1.165, 1.54) is 16.5 Å². The Morgan fingerprint density at radius 1 is 1.18 bits per heavy atom. The third-order valence-electron chi connectivity index (χ3n) is 4.65. The third-order valence-corrected chi connectivity index (χ3v) is 4.65. The number of fused-ring (bicyclic) bond motifs is 1. The molecule has 1 aromatic carbocycles. The Morgan fingerprint density at radius 2 is 2.05 bits per heavy atom. The Bertz CT molecular complexity index is 781. The molecular formula is C18H21N3O. The molecule has 22 heavy (non-hydrogen) atoms. The van der Waals surface area contributed by atoms with E-state index in [0.29, 0.717) is 6.04 Å². The Hall–Kier alpha value is -2.07. The van der Waals surface area contributed by atoms with Crippen molar-refractivity contribution in [3.8, 4) is 11.4 Å². The standard InChI is InChI=1S/C18H21N3O/c1-2-20-10-6-15-16(4-3-5-17(15)20)18-19-9-11-21(18)14-7-12-22-13-8-14/h3-6,9-11,14H,2,7-8,12-13H2,1H3. The van der Waals surface area contributed by atoms with Gasteiger partial charge in [-0.3, -0.25) is 0 Å². The van der Waals surface area contributed by atoms with Crippen molar-refractivity contribution >= 4 is 10.9 Å². The largest absolute Gasteiger partial charge is 0.381 e. The molecule has 2 aromatic heterocycles. The molecule has 4 rings (SSSR count). The van der Waals surface area contributed by atoms with Crippen LogP contribution in [0.4, 0.5) is 0 Å². The lowest BCUT2D eigenvalue weighted by molar-refractivity contribution is 0.0700. The lowest BCUT2D eigenvalue weighted by Crippen LogP contribution is -2.19. The van der Waals surface area contributed by atoms with Crippen molar-refractivity contribution in [1.29, 1.82) is 0 Å². The minimum atomic E-state index is 0.495. The first-order chi connectivity index (χ1) is 10.9. The number of aromatic nitrogens is 3. The summed E-state index contributed by atoms with van der Waals surface area (Å²) in [7, 11) is 0. The molecule has 114 valence electrons. The van der Waals surface area contributed by atoms with Crippen molar-refractivity contribution in [3.63, 3.8) is 0 Å². The van der Waals surface area contributed by atoms with Crippen molar-refractivity contribution < 1.29 is 4.74 Å². The number of hydrogen-bond donors (Lipinski definition) is 0. The van der Waals surface area contributed by atoms with Gasteiger partial charge in [0.25, 0.3) is 0 Å². The van der Waals surface area contributed by atoms with E-state index < -0.39 is 0 Å². The second-order valence-corrected chi connectivity index (χ2v) is 5.84. The average Bonchev–Trinajstić information content (AvgIpc) is 3.22. The molecule has 4 nitrogen and oxygen atoms in total. The number of aryl methyl sites for hydroxylation is 1. The summed E-state index contributed by atoms with van der Waals surface area (Å²) >= 11 is 0. The molecule has 0 atom stereocenters. The summed E-state index contributed by atoms with van der Waals surface area (Å²) in [4.78, 5) is 4.66. The van der Waals surface area contributed by atoms with Crippen molar-refractivity contribution in [3.05, 3.63) is 42.9 Å². The maximum Gasteiger partial charge on any atom is 0.140 e. The van der Waals surface area contributed by atoms with Gasteiger partial charge in [-0.2, -0.15) is 0 Å². The molecule has 0 saturated carbocycles. The number of rotatable bonds is 3. The normalized spacial score (nSPS) is 16.4. The molecule has 0 amide bonds. The fourth-order valence-corrected chi connectivity index (χ4v) is 3.47. The zero-order valence-electron chi connectivity index (χ0n) is 12.9. The second-order valence-electron chi connectivity index (χ2n) is 5.84. The fraction of sp³-hybridized carbons (Fsp3) is 0.389. The lowest BCUT2D eigenvalue weighted by atomic mass is 10.1. The minimum absolute atomic E-state index is 0.495. The molecule has 4 heteroatoms. The first-order valence-electron chi connectivity index (χ1n) is 8.07. The zero-order chi connectivity index (χ0) is 14.9. The Kier molecular flexibility index (Phi) is 3.47. The highest BCUT2D eigenvalue weighted by atomic mass is 16.5. The molecule has 1 aliphatic rings. The van der Waals surface area contributed by atoms with Crippen molar-refractivity contribution in [2.75, 3.05) is 13.2 Å². The number of hydrogen-bond acceptors (Lipinski definition) is 2. The Balaban J connectivity index is 1.82. The molecule has 0 N–H and O–H groups in total. The van der Waals surface area contributed by atoms with Crippen LogP contribution in [0.15, 0.2) is 42.9 Å². The van der Waals surface area contributed by atoms with Crippen molar-refractivity contribution in [1.82, 2.24) is 14.1 Å². The summed E-state index contributed by atoms with van der Waals surface area (Å²) in [5.41, 5.74) is 2.50. The van der Waals surface area contributed by atoms with Crippen LogP contribution in [0.3, 0.4) is 0 Å². The van der Waals surface area contributed by atoms with Crippen molar-refractivity contribution in [2.24, 2.45) is 0 Å². The topological polar surface area (TPSA) is 32.0 Å². The van der Waals surface area contributed by atoms with Gasteiger partial charge >= 0.3 is 0 Å². The van der Waals surface area contributed by atoms with Crippen LogP contribution in [-0.2, 0) is 11.3 Å².